The van der Waals surface area contributed by atoms with Crippen molar-refractivity contribution in [3.63, 3.8) is 0 Å². The van der Waals surface area contributed by atoms with Crippen LogP contribution >= 0.6 is 34.3 Å². The van der Waals surface area contributed by atoms with Gasteiger partial charge in [0.05, 0.1) is 26.0 Å². The quantitative estimate of drug-likeness (QED) is 0.460. The number of thiazole rings is 1. The number of benzene rings is 1. The van der Waals surface area contributed by atoms with E-state index in [0.29, 0.717) is 27.4 Å². The maximum absolute atomic E-state index is 13.1. The Kier molecular flexibility index (Phi) is 6.56. The van der Waals surface area contributed by atoms with Crippen molar-refractivity contribution in [1.82, 2.24) is 8.87 Å². The lowest BCUT2D eigenvalue weighted by atomic mass is 10.2. The Labute approximate surface area is 204 Å². The summed E-state index contributed by atoms with van der Waals surface area (Å²) in [6.45, 7) is 0.322. The highest BCUT2D eigenvalue weighted by Crippen LogP contribution is 2.32. The van der Waals surface area contributed by atoms with Crippen molar-refractivity contribution in [2.75, 3.05) is 12.8 Å². The van der Waals surface area contributed by atoms with E-state index in [1.807, 2.05) is 0 Å². The molecule has 0 saturated carbocycles. The number of halogens is 1. The standard InChI is InChI=1S/C20H18ClN3O5S4/c1-3-10-23-14-7-6-13(32(2,26)27)12-16(14)30-20(23)22-19(25)15-5-4-11-24(15)33(28,29)18-9-8-17(21)31-18/h1,6-9,12,15H,4-5,10-11H2,2H3. The Morgan fingerprint density at radius 3 is 2.64 bits per heavy atom. The van der Waals surface area contributed by atoms with Gasteiger partial charge in [0.1, 0.15) is 10.3 Å². The number of hydrogen-bond acceptors (Lipinski definition) is 7. The summed E-state index contributed by atoms with van der Waals surface area (Å²) >= 11 is 7.96. The van der Waals surface area contributed by atoms with Crippen LogP contribution in [0.2, 0.25) is 4.34 Å². The molecule has 1 saturated heterocycles. The van der Waals surface area contributed by atoms with Crippen LogP contribution in [0.15, 0.2) is 44.4 Å². The van der Waals surface area contributed by atoms with Crippen LogP contribution in [0.5, 0.6) is 0 Å². The van der Waals surface area contributed by atoms with Gasteiger partial charge in [-0.05, 0) is 43.2 Å². The summed E-state index contributed by atoms with van der Waals surface area (Å²) < 4.78 is 53.8. The maximum atomic E-state index is 13.1. The Morgan fingerprint density at radius 1 is 1.24 bits per heavy atom. The number of fused-ring (bicyclic) bond motifs is 1. The van der Waals surface area contributed by atoms with E-state index in [2.05, 4.69) is 10.9 Å². The average molecular weight is 544 g/mol. The van der Waals surface area contributed by atoms with Crippen molar-refractivity contribution in [2.45, 2.75) is 34.5 Å². The summed E-state index contributed by atoms with van der Waals surface area (Å²) in [5.74, 6) is 1.91. The van der Waals surface area contributed by atoms with Gasteiger partial charge in [-0.1, -0.05) is 28.9 Å². The van der Waals surface area contributed by atoms with Crippen LogP contribution in [0.3, 0.4) is 0 Å². The highest BCUT2D eigenvalue weighted by atomic mass is 35.5. The van der Waals surface area contributed by atoms with Gasteiger partial charge < -0.3 is 4.57 Å². The lowest BCUT2D eigenvalue weighted by Gasteiger charge is -2.20. The van der Waals surface area contributed by atoms with Gasteiger partial charge >= 0.3 is 0 Å². The first-order valence-electron chi connectivity index (χ1n) is 9.65. The smallest absolute Gasteiger partial charge is 0.266 e. The molecule has 1 aromatic carbocycles. The Balaban J connectivity index is 1.76. The Bertz CT molecular complexity index is 1580. The molecule has 1 aliphatic rings. The molecule has 1 unspecified atom stereocenters. The number of sulfonamides is 1. The van der Waals surface area contributed by atoms with E-state index >= 15 is 0 Å². The van der Waals surface area contributed by atoms with Crippen LogP contribution in [-0.4, -0.2) is 50.5 Å². The zero-order valence-electron chi connectivity index (χ0n) is 17.3. The van der Waals surface area contributed by atoms with Crippen molar-refractivity contribution in [2.24, 2.45) is 4.99 Å². The number of sulfone groups is 1. The molecule has 4 rings (SSSR count). The van der Waals surface area contributed by atoms with E-state index in [1.165, 1.54) is 28.6 Å². The molecule has 0 N–H and O–H groups in total. The highest BCUT2D eigenvalue weighted by Gasteiger charge is 2.40. The van der Waals surface area contributed by atoms with E-state index in [4.69, 9.17) is 18.0 Å². The molecule has 33 heavy (non-hydrogen) atoms. The molecule has 0 spiro atoms. The summed E-state index contributed by atoms with van der Waals surface area (Å²) in [5.41, 5.74) is 0.640. The third-order valence-corrected chi connectivity index (χ3v) is 10.9. The number of thiophene rings is 1. The van der Waals surface area contributed by atoms with Crippen LogP contribution in [-0.2, 0) is 31.2 Å². The highest BCUT2D eigenvalue weighted by molar-refractivity contribution is 7.91. The van der Waals surface area contributed by atoms with Crippen LogP contribution < -0.4 is 4.80 Å². The molecule has 3 aromatic rings. The number of amides is 1. The molecule has 3 heterocycles. The van der Waals surface area contributed by atoms with Gasteiger partial charge in [-0.25, -0.2) is 16.8 Å². The molecule has 0 aliphatic carbocycles. The number of carbonyl (C=O) groups is 1. The molecule has 13 heteroatoms. The molecule has 8 nitrogen and oxygen atoms in total. The van der Waals surface area contributed by atoms with Crippen LogP contribution in [0.25, 0.3) is 10.2 Å². The van der Waals surface area contributed by atoms with E-state index in [1.54, 1.807) is 10.6 Å². The van der Waals surface area contributed by atoms with Gasteiger partial charge in [-0.2, -0.15) is 9.30 Å². The third-order valence-electron chi connectivity index (χ3n) is 5.14. The Morgan fingerprint density at radius 2 is 2.00 bits per heavy atom. The first-order chi connectivity index (χ1) is 15.5. The minimum absolute atomic E-state index is 0.0739. The molecule has 1 fully saturated rings. The van der Waals surface area contributed by atoms with Gasteiger partial charge in [0, 0.05) is 12.8 Å². The largest absolute Gasteiger partial charge is 0.305 e. The summed E-state index contributed by atoms with van der Waals surface area (Å²) in [7, 11) is -7.30. The number of nitrogens with zero attached hydrogens (tertiary/aromatic N) is 3. The first-order valence-corrected chi connectivity index (χ1v) is 15.0. The second-order valence-corrected chi connectivity index (χ2v) is 14.2. The summed E-state index contributed by atoms with van der Waals surface area (Å²) in [6.07, 6.45) is 7.48. The van der Waals surface area contributed by atoms with E-state index in [0.717, 1.165) is 28.9 Å². The summed E-state index contributed by atoms with van der Waals surface area (Å²) in [4.78, 5) is 17.8. The van der Waals surface area contributed by atoms with E-state index in [-0.39, 0.29) is 27.0 Å². The lowest BCUT2D eigenvalue weighted by Crippen LogP contribution is -2.40. The monoisotopic (exact) mass is 543 g/mol. The molecule has 0 bridgehead atoms. The van der Waals surface area contributed by atoms with Crippen LogP contribution in [0.4, 0.5) is 0 Å². The minimum atomic E-state index is -3.89. The Hall–Kier alpha value is -2.01. The molecule has 2 aromatic heterocycles. The second kappa shape index (κ2) is 8.98. The second-order valence-electron chi connectivity index (χ2n) is 7.36. The molecule has 1 aliphatic heterocycles. The fourth-order valence-electron chi connectivity index (χ4n) is 3.61. The number of carbonyl (C=O) groups excluding carboxylic acids is 1. The third kappa shape index (κ3) is 4.66. The zero-order chi connectivity index (χ0) is 24.0. The maximum Gasteiger partial charge on any atom is 0.266 e. The molecular formula is C20H18ClN3O5S4. The first kappa shape index (κ1) is 24.1. The van der Waals surface area contributed by atoms with Gasteiger partial charge in [0.25, 0.3) is 15.9 Å². The SMILES string of the molecule is C#CCn1c(=NC(=O)C2CCCN2S(=O)(=O)c2ccc(Cl)s2)sc2cc(S(C)(=O)=O)ccc21. The fraction of sp³-hybridized carbons (Fsp3) is 0.300. The van der Waals surface area contributed by atoms with E-state index < -0.39 is 31.8 Å². The van der Waals surface area contributed by atoms with Crippen molar-refractivity contribution in [1.29, 1.82) is 0 Å². The summed E-state index contributed by atoms with van der Waals surface area (Å²) in [6, 6.07) is 6.59. The van der Waals surface area contributed by atoms with Crippen LogP contribution in [0.1, 0.15) is 12.8 Å². The normalized spacial score (nSPS) is 18.1. The minimum Gasteiger partial charge on any atom is -0.305 e. The van der Waals surface area contributed by atoms with Gasteiger partial charge in [0.15, 0.2) is 14.6 Å². The van der Waals surface area contributed by atoms with Crippen molar-refractivity contribution < 1.29 is 21.6 Å². The number of terminal acetylenes is 1. The predicted molar refractivity (Wildman–Crippen MR) is 129 cm³/mol. The van der Waals surface area contributed by atoms with Gasteiger partial charge in [-0.15, -0.1) is 17.8 Å². The van der Waals surface area contributed by atoms with Crippen molar-refractivity contribution in [3.8, 4) is 12.3 Å². The molecule has 1 amide bonds. The van der Waals surface area contributed by atoms with Gasteiger partial charge in [0.2, 0.25) is 0 Å². The average Bonchev–Trinajstić information content (AvgIpc) is 3.46. The van der Waals surface area contributed by atoms with Crippen LogP contribution in [0, 0.1) is 12.3 Å². The topological polar surface area (TPSA) is 106 Å². The zero-order valence-corrected chi connectivity index (χ0v) is 21.3. The molecular weight excluding hydrogens is 526 g/mol. The van der Waals surface area contributed by atoms with E-state index in [9.17, 15) is 21.6 Å². The fourth-order valence-corrected chi connectivity index (χ4v) is 8.67. The number of hydrogen-bond donors (Lipinski definition) is 0. The number of aromatic nitrogens is 1. The molecule has 174 valence electrons. The number of rotatable bonds is 5. The van der Waals surface area contributed by atoms with Gasteiger partial charge in [-0.3, -0.25) is 4.79 Å². The molecule has 0 radical (unpaired) electrons. The van der Waals surface area contributed by atoms with Crippen molar-refractivity contribution >= 4 is 70.3 Å². The predicted octanol–water partition coefficient (Wildman–Crippen LogP) is 2.74. The lowest BCUT2D eigenvalue weighted by molar-refractivity contribution is -0.121. The van der Waals surface area contributed by atoms with Crippen molar-refractivity contribution in [3.05, 3.63) is 39.5 Å². The molecule has 1 atom stereocenters. The summed E-state index contributed by atoms with van der Waals surface area (Å²) in [5, 5.41) is 0.